The van der Waals surface area contributed by atoms with Crippen LogP contribution in [0.25, 0.3) is 5.00 Å². The number of aryl methyl sites for hydroxylation is 1. The van der Waals surface area contributed by atoms with E-state index in [0.29, 0.717) is 5.92 Å². The SMILES string of the molecule is Cc1nsc(-n2nccn2)c1C(C)C. The van der Waals surface area contributed by atoms with Crippen LogP contribution in [0.5, 0.6) is 0 Å². The first kappa shape index (κ1) is 9.33. The fraction of sp³-hybridized carbons (Fsp3) is 0.444. The van der Waals surface area contributed by atoms with Gasteiger partial charge in [0.2, 0.25) is 0 Å². The summed E-state index contributed by atoms with van der Waals surface area (Å²) in [6.07, 6.45) is 3.36. The Balaban J connectivity index is 2.54. The van der Waals surface area contributed by atoms with Crippen molar-refractivity contribution in [2.24, 2.45) is 0 Å². The normalized spacial score (nSPS) is 11.1. The Bertz CT molecular complexity index is 416. The summed E-state index contributed by atoms with van der Waals surface area (Å²) in [7, 11) is 0. The second-order valence-electron chi connectivity index (χ2n) is 3.46. The first-order valence-corrected chi connectivity index (χ1v) is 5.30. The van der Waals surface area contributed by atoms with Crippen molar-refractivity contribution in [3.63, 3.8) is 0 Å². The highest BCUT2D eigenvalue weighted by Gasteiger charge is 2.16. The van der Waals surface area contributed by atoms with E-state index in [1.165, 1.54) is 17.1 Å². The van der Waals surface area contributed by atoms with Gasteiger partial charge in [-0.3, -0.25) is 0 Å². The molecule has 74 valence electrons. The van der Waals surface area contributed by atoms with Gasteiger partial charge in [-0.15, -0.1) is 4.80 Å². The van der Waals surface area contributed by atoms with Crippen LogP contribution in [0.4, 0.5) is 0 Å². The Labute approximate surface area is 86.7 Å². The minimum Gasteiger partial charge on any atom is -0.195 e. The van der Waals surface area contributed by atoms with Crippen LogP contribution in [-0.4, -0.2) is 19.4 Å². The molecule has 0 bridgehead atoms. The van der Waals surface area contributed by atoms with Gasteiger partial charge in [-0.05, 0) is 24.4 Å². The fourth-order valence-electron chi connectivity index (χ4n) is 1.49. The molecule has 0 unspecified atom stereocenters. The number of aromatic nitrogens is 4. The molecule has 0 fully saturated rings. The van der Waals surface area contributed by atoms with Crippen LogP contribution in [0.1, 0.15) is 31.0 Å². The Morgan fingerprint density at radius 3 is 2.50 bits per heavy atom. The number of nitrogens with zero attached hydrogens (tertiary/aromatic N) is 4. The fourth-order valence-corrected chi connectivity index (χ4v) is 2.47. The molecule has 0 aliphatic rings. The van der Waals surface area contributed by atoms with Crippen LogP contribution in [-0.2, 0) is 0 Å². The van der Waals surface area contributed by atoms with Crippen LogP contribution in [0.3, 0.4) is 0 Å². The zero-order valence-electron chi connectivity index (χ0n) is 8.43. The van der Waals surface area contributed by atoms with Gasteiger partial charge in [0.25, 0.3) is 0 Å². The van der Waals surface area contributed by atoms with E-state index in [4.69, 9.17) is 0 Å². The molecule has 2 aromatic heterocycles. The van der Waals surface area contributed by atoms with E-state index in [9.17, 15) is 0 Å². The Kier molecular flexibility index (Phi) is 2.33. The van der Waals surface area contributed by atoms with Crippen LogP contribution < -0.4 is 0 Å². The molecule has 2 rings (SSSR count). The van der Waals surface area contributed by atoms with Gasteiger partial charge >= 0.3 is 0 Å². The molecule has 0 radical (unpaired) electrons. The Hall–Kier alpha value is -1.23. The number of rotatable bonds is 2. The van der Waals surface area contributed by atoms with Crippen molar-refractivity contribution in [2.75, 3.05) is 0 Å². The summed E-state index contributed by atoms with van der Waals surface area (Å²) in [5.74, 6) is 0.453. The van der Waals surface area contributed by atoms with Gasteiger partial charge in [0.15, 0.2) is 5.00 Å². The van der Waals surface area contributed by atoms with Gasteiger partial charge in [0.1, 0.15) is 0 Å². The van der Waals surface area contributed by atoms with Crippen molar-refractivity contribution in [3.8, 4) is 5.00 Å². The standard InChI is InChI=1S/C9H12N4S/c1-6(2)8-7(3)12-14-9(8)13-10-4-5-11-13/h4-6H,1-3H3. The van der Waals surface area contributed by atoms with E-state index in [-0.39, 0.29) is 0 Å². The molecule has 0 saturated heterocycles. The van der Waals surface area contributed by atoms with E-state index in [1.807, 2.05) is 6.92 Å². The molecule has 0 amide bonds. The molecule has 14 heavy (non-hydrogen) atoms. The van der Waals surface area contributed by atoms with Gasteiger partial charge < -0.3 is 0 Å². The lowest BCUT2D eigenvalue weighted by molar-refractivity contribution is 0.738. The largest absolute Gasteiger partial charge is 0.195 e. The van der Waals surface area contributed by atoms with E-state index in [0.717, 1.165) is 10.7 Å². The predicted octanol–water partition coefficient (Wildman–Crippen LogP) is 2.16. The van der Waals surface area contributed by atoms with Crippen molar-refractivity contribution in [1.82, 2.24) is 19.4 Å². The molecule has 5 heteroatoms. The Morgan fingerprint density at radius 2 is 1.93 bits per heavy atom. The lowest BCUT2D eigenvalue weighted by Gasteiger charge is -2.05. The molecule has 0 saturated carbocycles. The summed E-state index contributed by atoms with van der Waals surface area (Å²) < 4.78 is 4.33. The van der Waals surface area contributed by atoms with Crippen LogP contribution in [0.15, 0.2) is 12.4 Å². The van der Waals surface area contributed by atoms with Crippen LogP contribution in [0, 0.1) is 6.92 Å². The van der Waals surface area contributed by atoms with Gasteiger partial charge in [-0.1, -0.05) is 13.8 Å². The van der Waals surface area contributed by atoms with Crippen molar-refractivity contribution in [3.05, 3.63) is 23.7 Å². The predicted molar refractivity (Wildman–Crippen MR) is 55.9 cm³/mol. The average Bonchev–Trinajstić information content (AvgIpc) is 2.70. The smallest absolute Gasteiger partial charge is 0.162 e. The highest BCUT2D eigenvalue weighted by atomic mass is 32.1. The van der Waals surface area contributed by atoms with Gasteiger partial charge in [0, 0.05) is 5.56 Å². The van der Waals surface area contributed by atoms with E-state index in [1.54, 1.807) is 17.2 Å². The minimum absolute atomic E-state index is 0.453. The summed E-state index contributed by atoms with van der Waals surface area (Å²) in [6.45, 7) is 6.34. The summed E-state index contributed by atoms with van der Waals surface area (Å²) in [4.78, 5) is 1.64. The molecule has 0 spiro atoms. The van der Waals surface area contributed by atoms with Gasteiger partial charge in [-0.2, -0.15) is 14.6 Å². The monoisotopic (exact) mass is 208 g/mol. The lowest BCUT2D eigenvalue weighted by Crippen LogP contribution is -2.01. The molecule has 2 aromatic rings. The molecule has 4 nitrogen and oxygen atoms in total. The zero-order chi connectivity index (χ0) is 10.1. The topological polar surface area (TPSA) is 43.6 Å². The maximum Gasteiger partial charge on any atom is 0.162 e. The quantitative estimate of drug-likeness (QED) is 0.759. The molecular weight excluding hydrogens is 196 g/mol. The van der Waals surface area contributed by atoms with Gasteiger partial charge in [0.05, 0.1) is 18.1 Å². The third kappa shape index (κ3) is 1.43. The summed E-state index contributed by atoms with van der Waals surface area (Å²) in [6, 6.07) is 0. The van der Waals surface area contributed by atoms with Crippen LogP contribution >= 0.6 is 11.5 Å². The highest BCUT2D eigenvalue weighted by molar-refractivity contribution is 7.08. The van der Waals surface area contributed by atoms with Crippen molar-refractivity contribution in [1.29, 1.82) is 0 Å². The van der Waals surface area contributed by atoms with E-state index in [2.05, 4.69) is 28.4 Å². The minimum atomic E-state index is 0.453. The summed E-state index contributed by atoms with van der Waals surface area (Å²) in [5, 5.41) is 9.27. The third-order valence-corrected chi connectivity index (χ3v) is 2.99. The summed E-state index contributed by atoms with van der Waals surface area (Å²) in [5.41, 5.74) is 2.32. The number of hydrogen-bond donors (Lipinski definition) is 0. The Morgan fingerprint density at radius 1 is 1.29 bits per heavy atom. The molecule has 0 aliphatic carbocycles. The second-order valence-corrected chi connectivity index (χ2v) is 4.21. The van der Waals surface area contributed by atoms with Crippen LogP contribution in [0.2, 0.25) is 0 Å². The maximum atomic E-state index is 4.33. The van der Waals surface area contributed by atoms with E-state index >= 15 is 0 Å². The van der Waals surface area contributed by atoms with Crippen molar-refractivity contribution in [2.45, 2.75) is 26.7 Å². The molecule has 0 atom stereocenters. The molecular formula is C9H12N4S. The third-order valence-electron chi connectivity index (χ3n) is 2.07. The van der Waals surface area contributed by atoms with E-state index < -0.39 is 0 Å². The van der Waals surface area contributed by atoms with Crippen molar-refractivity contribution < 1.29 is 0 Å². The number of hydrogen-bond acceptors (Lipinski definition) is 4. The second kappa shape index (κ2) is 3.49. The maximum absolute atomic E-state index is 4.33. The molecule has 0 N–H and O–H groups in total. The summed E-state index contributed by atoms with van der Waals surface area (Å²) >= 11 is 1.45. The zero-order valence-corrected chi connectivity index (χ0v) is 9.25. The molecule has 2 heterocycles. The van der Waals surface area contributed by atoms with Gasteiger partial charge in [-0.25, -0.2) is 0 Å². The molecule has 0 aliphatic heterocycles. The highest BCUT2D eigenvalue weighted by Crippen LogP contribution is 2.28. The lowest BCUT2D eigenvalue weighted by atomic mass is 10.0. The first-order chi connectivity index (χ1) is 6.70. The molecule has 0 aromatic carbocycles. The average molecular weight is 208 g/mol. The van der Waals surface area contributed by atoms with Crippen molar-refractivity contribution >= 4 is 11.5 Å². The first-order valence-electron chi connectivity index (χ1n) is 4.53.